The number of likely N-dealkylation sites (tertiary alicyclic amines) is 1. The zero-order valence-electron chi connectivity index (χ0n) is 14.6. The molecule has 0 unspecified atom stereocenters. The van der Waals surface area contributed by atoms with Crippen molar-refractivity contribution in [2.75, 3.05) is 32.9 Å². The van der Waals surface area contributed by atoms with Gasteiger partial charge >= 0.3 is 5.97 Å². The quantitative estimate of drug-likeness (QED) is 0.871. The molecule has 1 spiro atoms. The maximum atomic E-state index is 13.3. The van der Waals surface area contributed by atoms with Gasteiger partial charge in [-0.25, -0.2) is 0 Å². The summed E-state index contributed by atoms with van der Waals surface area (Å²) in [7, 11) is 0. The number of hydrogen-bond donors (Lipinski definition) is 1. The van der Waals surface area contributed by atoms with Crippen molar-refractivity contribution in [3.05, 3.63) is 29.8 Å². The molecular weight excluding hydrogens is 334 g/mol. The maximum absolute atomic E-state index is 13.3. The topological polar surface area (TPSA) is 76.1 Å². The van der Waals surface area contributed by atoms with Gasteiger partial charge in [-0.3, -0.25) is 9.59 Å². The van der Waals surface area contributed by atoms with Gasteiger partial charge in [-0.05, 0) is 25.3 Å². The smallest absolute Gasteiger partial charge is 0.311 e. The minimum atomic E-state index is -0.830. The molecule has 2 saturated heterocycles. The molecule has 6 nitrogen and oxygen atoms in total. The van der Waals surface area contributed by atoms with Gasteiger partial charge in [0.25, 0.3) is 0 Å². The van der Waals surface area contributed by atoms with Gasteiger partial charge in [0.05, 0.1) is 18.6 Å². The second-order valence-corrected chi connectivity index (χ2v) is 8.21. The molecule has 4 aliphatic rings. The van der Waals surface area contributed by atoms with Crippen molar-refractivity contribution in [3.8, 4) is 5.75 Å². The Morgan fingerprint density at radius 1 is 1.19 bits per heavy atom. The second kappa shape index (κ2) is 5.46. The number of nitrogens with zero attached hydrogens (tertiary/aromatic N) is 1. The number of aliphatic carboxylic acids is 1. The molecule has 3 fully saturated rings. The van der Waals surface area contributed by atoms with Gasteiger partial charge in [0.1, 0.15) is 5.75 Å². The summed E-state index contributed by atoms with van der Waals surface area (Å²) in [6.07, 6.45) is 2.18. The minimum absolute atomic E-state index is 0.0560. The normalized spacial score (nSPS) is 37.6. The third-order valence-electron chi connectivity index (χ3n) is 7.05. The lowest BCUT2D eigenvalue weighted by atomic mass is 9.74. The number of fused-ring (bicyclic) bond motifs is 3. The average Bonchev–Trinajstić information content (AvgIpc) is 3.21. The van der Waals surface area contributed by atoms with Crippen LogP contribution in [0.25, 0.3) is 0 Å². The van der Waals surface area contributed by atoms with Crippen LogP contribution < -0.4 is 4.74 Å². The summed E-state index contributed by atoms with van der Waals surface area (Å²) in [6.45, 7) is 2.34. The van der Waals surface area contributed by atoms with Crippen LogP contribution in [0.15, 0.2) is 24.3 Å². The highest BCUT2D eigenvalue weighted by molar-refractivity contribution is 5.87. The second-order valence-electron chi connectivity index (χ2n) is 8.21. The number of para-hydroxylation sites is 1. The Bertz CT molecular complexity index is 779. The number of carbonyl (C=O) groups is 2. The van der Waals surface area contributed by atoms with Crippen molar-refractivity contribution in [2.24, 2.45) is 17.3 Å². The van der Waals surface area contributed by atoms with Crippen LogP contribution in [0.5, 0.6) is 5.75 Å². The van der Waals surface area contributed by atoms with Crippen LogP contribution in [-0.4, -0.2) is 54.8 Å². The molecule has 26 heavy (non-hydrogen) atoms. The minimum Gasteiger partial charge on any atom is -0.493 e. The van der Waals surface area contributed by atoms with Crippen molar-refractivity contribution < 1.29 is 24.2 Å². The first-order chi connectivity index (χ1) is 12.6. The fourth-order valence-electron chi connectivity index (χ4n) is 5.37. The molecule has 0 bridgehead atoms. The van der Waals surface area contributed by atoms with Crippen molar-refractivity contribution >= 4 is 11.9 Å². The van der Waals surface area contributed by atoms with Crippen LogP contribution in [0.4, 0.5) is 0 Å². The number of carboxylic acid groups (broad SMARTS) is 1. The molecule has 1 aromatic carbocycles. The van der Waals surface area contributed by atoms with Gasteiger partial charge in [-0.2, -0.15) is 0 Å². The fourth-order valence-corrected chi connectivity index (χ4v) is 5.37. The predicted octanol–water partition coefficient (Wildman–Crippen LogP) is 1.68. The molecule has 3 aliphatic heterocycles. The Hall–Kier alpha value is -2.08. The molecule has 1 amide bonds. The van der Waals surface area contributed by atoms with Crippen LogP contribution in [0.2, 0.25) is 0 Å². The number of rotatable bonds is 2. The number of benzene rings is 1. The monoisotopic (exact) mass is 357 g/mol. The van der Waals surface area contributed by atoms with Crippen LogP contribution in [-0.2, 0) is 19.7 Å². The summed E-state index contributed by atoms with van der Waals surface area (Å²) >= 11 is 0. The van der Waals surface area contributed by atoms with Crippen molar-refractivity contribution in [3.63, 3.8) is 0 Å². The number of ether oxygens (including phenoxy) is 2. The molecule has 4 atom stereocenters. The summed E-state index contributed by atoms with van der Waals surface area (Å²) in [6, 6.07) is 7.99. The van der Waals surface area contributed by atoms with Gasteiger partial charge in [-0.15, -0.1) is 0 Å². The van der Waals surface area contributed by atoms with E-state index in [4.69, 9.17) is 9.47 Å². The van der Waals surface area contributed by atoms with E-state index in [1.54, 1.807) is 4.90 Å². The zero-order valence-corrected chi connectivity index (χ0v) is 14.6. The fraction of sp³-hybridized carbons (Fsp3) is 0.600. The maximum Gasteiger partial charge on any atom is 0.311 e. The number of hydrogen-bond acceptors (Lipinski definition) is 4. The van der Waals surface area contributed by atoms with E-state index < -0.39 is 11.4 Å². The first kappa shape index (κ1) is 16.1. The highest BCUT2D eigenvalue weighted by Crippen LogP contribution is 2.61. The van der Waals surface area contributed by atoms with Crippen LogP contribution >= 0.6 is 0 Å². The van der Waals surface area contributed by atoms with E-state index in [1.807, 2.05) is 18.2 Å². The van der Waals surface area contributed by atoms with Crippen molar-refractivity contribution in [2.45, 2.75) is 24.7 Å². The first-order valence-corrected chi connectivity index (χ1v) is 9.39. The zero-order chi connectivity index (χ0) is 17.9. The highest BCUT2D eigenvalue weighted by Gasteiger charge is 2.64. The molecule has 3 heterocycles. The van der Waals surface area contributed by atoms with E-state index in [9.17, 15) is 14.7 Å². The SMILES string of the molecule is O=C([C@@H]1C[C@]12CCOc1ccccc12)N1C[C@H]2COCC[C@@]2(C(=O)O)C1. The number of carboxylic acids is 1. The summed E-state index contributed by atoms with van der Waals surface area (Å²) in [5, 5.41) is 9.82. The summed E-state index contributed by atoms with van der Waals surface area (Å²) in [5.74, 6) is 0.0492. The predicted molar refractivity (Wildman–Crippen MR) is 91.9 cm³/mol. The standard InChI is InChI=1S/C20H23NO5/c22-17(21-10-13-11-25-7-5-20(13,12-21)18(23)24)15-9-19(15)6-8-26-16-4-2-1-3-14(16)19/h1-4,13,15H,5-12H2,(H,23,24)/t13-,15-,19-,20+/m0/s1. The lowest BCUT2D eigenvalue weighted by Gasteiger charge is -2.33. The van der Waals surface area contributed by atoms with Crippen molar-refractivity contribution in [1.29, 1.82) is 0 Å². The van der Waals surface area contributed by atoms with Crippen LogP contribution in [0.3, 0.4) is 0 Å². The molecule has 1 saturated carbocycles. The largest absolute Gasteiger partial charge is 0.493 e. The molecule has 0 radical (unpaired) electrons. The van der Waals surface area contributed by atoms with Gasteiger partial charge < -0.3 is 19.5 Å². The van der Waals surface area contributed by atoms with Gasteiger partial charge in [-0.1, -0.05) is 18.2 Å². The van der Waals surface area contributed by atoms with Gasteiger partial charge in [0, 0.05) is 42.5 Å². The Balaban J connectivity index is 1.39. The summed E-state index contributed by atoms with van der Waals surface area (Å²) in [5.41, 5.74) is 0.188. The van der Waals surface area contributed by atoms with E-state index in [2.05, 4.69) is 6.07 Å². The molecule has 1 aliphatic carbocycles. The van der Waals surface area contributed by atoms with Crippen molar-refractivity contribution in [1.82, 2.24) is 4.90 Å². The lowest BCUT2D eigenvalue weighted by molar-refractivity contribution is -0.157. The summed E-state index contributed by atoms with van der Waals surface area (Å²) < 4.78 is 11.3. The van der Waals surface area contributed by atoms with Gasteiger partial charge in [0.15, 0.2) is 0 Å². The van der Waals surface area contributed by atoms with E-state index in [1.165, 1.54) is 0 Å². The lowest BCUT2D eigenvalue weighted by Crippen LogP contribution is -2.45. The number of amides is 1. The third-order valence-corrected chi connectivity index (χ3v) is 7.05. The molecule has 1 N–H and O–H groups in total. The molecule has 138 valence electrons. The Kier molecular flexibility index (Phi) is 3.38. The van der Waals surface area contributed by atoms with E-state index in [-0.39, 0.29) is 23.2 Å². The Morgan fingerprint density at radius 2 is 2.04 bits per heavy atom. The third kappa shape index (κ3) is 2.08. The average molecular weight is 357 g/mol. The highest BCUT2D eigenvalue weighted by atomic mass is 16.5. The van der Waals surface area contributed by atoms with Gasteiger partial charge in [0.2, 0.25) is 5.91 Å². The molecular formula is C20H23NO5. The number of carbonyl (C=O) groups excluding carboxylic acids is 1. The van der Waals surface area contributed by atoms with Crippen LogP contribution in [0.1, 0.15) is 24.8 Å². The molecule has 6 heteroatoms. The summed E-state index contributed by atoms with van der Waals surface area (Å²) in [4.78, 5) is 27.0. The van der Waals surface area contributed by atoms with E-state index in [0.29, 0.717) is 39.3 Å². The molecule has 0 aromatic heterocycles. The van der Waals surface area contributed by atoms with E-state index >= 15 is 0 Å². The Labute approximate surface area is 152 Å². The first-order valence-electron chi connectivity index (χ1n) is 9.39. The molecule has 5 rings (SSSR count). The van der Waals surface area contributed by atoms with Crippen LogP contribution in [0, 0.1) is 17.3 Å². The Morgan fingerprint density at radius 3 is 2.85 bits per heavy atom. The van der Waals surface area contributed by atoms with E-state index in [0.717, 1.165) is 24.2 Å². The molecule has 1 aromatic rings.